The van der Waals surface area contributed by atoms with Crippen LogP contribution in [-0.2, 0) is 0 Å². The molecule has 3 rings (SSSR count). The largest absolute Gasteiger partial charge is 0.508 e. The van der Waals surface area contributed by atoms with E-state index < -0.39 is 6.04 Å². The van der Waals surface area contributed by atoms with E-state index in [4.69, 9.17) is 17.3 Å². The summed E-state index contributed by atoms with van der Waals surface area (Å²) >= 11 is 5.90. The minimum absolute atomic E-state index is 0.214. The first kappa shape index (κ1) is 13.0. The first-order valence-electron chi connectivity index (χ1n) is 6.38. The molecule has 100 valence electrons. The number of fused-ring (bicyclic) bond motifs is 1. The molecule has 3 aromatic carbocycles. The van der Waals surface area contributed by atoms with Gasteiger partial charge < -0.3 is 10.8 Å². The van der Waals surface area contributed by atoms with Gasteiger partial charge in [0.1, 0.15) is 5.75 Å². The maximum atomic E-state index is 10.2. The molecule has 1 atom stereocenters. The van der Waals surface area contributed by atoms with Gasteiger partial charge in [0.15, 0.2) is 0 Å². The van der Waals surface area contributed by atoms with Gasteiger partial charge in [0.05, 0.1) is 6.04 Å². The van der Waals surface area contributed by atoms with Crippen LogP contribution in [0, 0.1) is 0 Å². The summed E-state index contributed by atoms with van der Waals surface area (Å²) in [5.41, 5.74) is 7.99. The lowest BCUT2D eigenvalue weighted by atomic mass is 9.93. The van der Waals surface area contributed by atoms with Gasteiger partial charge in [-0.05, 0) is 34.5 Å². The molecule has 0 radical (unpaired) electrons. The lowest BCUT2D eigenvalue weighted by molar-refractivity contribution is 0.466. The van der Waals surface area contributed by atoms with Crippen molar-refractivity contribution in [3.8, 4) is 5.75 Å². The Morgan fingerprint density at radius 3 is 2.35 bits per heavy atom. The predicted octanol–water partition coefficient (Wildman–Crippen LogP) is 4.25. The molecule has 20 heavy (non-hydrogen) atoms. The van der Waals surface area contributed by atoms with E-state index in [9.17, 15) is 5.11 Å². The number of phenols is 1. The molecule has 3 aromatic rings. The van der Waals surface area contributed by atoms with Crippen molar-refractivity contribution >= 4 is 22.4 Å². The number of benzene rings is 3. The van der Waals surface area contributed by atoms with E-state index in [1.165, 1.54) is 0 Å². The smallest absolute Gasteiger partial charge is 0.121 e. The van der Waals surface area contributed by atoms with Gasteiger partial charge in [0, 0.05) is 10.6 Å². The Morgan fingerprint density at radius 2 is 1.60 bits per heavy atom. The zero-order valence-electron chi connectivity index (χ0n) is 10.8. The molecule has 0 amide bonds. The third-order valence-electron chi connectivity index (χ3n) is 3.49. The van der Waals surface area contributed by atoms with E-state index in [2.05, 4.69) is 0 Å². The quantitative estimate of drug-likeness (QED) is 0.739. The van der Waals surface area contributed by atoms with Crippen molar-refractivity contribution in [1.29, 1.82) is 0 Å². The van der Waals surface area contributed by atoms with Crippen molar-refractivity contribution in [2.24, 2.45) is 5.73 Å². The van der Waals surface area contributed by atoms with Gasteiger partial charge in [-0.3, -0.25) is 0 Å². The molecule has 0 saturated heterocycles. The molecular formula is C17H14ClNO. The van der Waals surface area contributed by atoms with Gasteiger partial charge in [-0.1, -0.05) is 54.1 Å². The molecule has 0 heterocycles. The zero-order chi connectivity index (χ0) is 14.1. The summed E-state index contributed by atoms with van der Waals surface area (Å²) in [7, 11) is 0. The Labute approximate surface area is 122 Å². The van der Waals surface area contributed by atoms with Gasteiger partial charge >= 0.3 is 0 Å². The van der Waals surface area contributed by atoms with Crippen LogP contribution in [0.2, 0.25) is 5.02 Å². The summed E-state index contributed by atoms with van der Waals surface area (Å²) in [5, 5.41) is 12.9. The normalized spacial score (nSPS) is 12.5. The molecule has 0 fully saturated rings. The number of phenolic OH excluding ortho intramolecular Hbond substituents is 1. The Morgan fingerprint density at radius 1 is 0.900 bits per heavy atom. The van der Waals surface area contributed by atoms with Crippen LogP contribution in [0.1, 0.15) is 17.2 Å². The number of rotatable bonds is 2. The summed E-state index contributed by atoms with van der Waals surface area (Å²) in [6, 6.07) is 18.5. The second-order valence-corrected chi connectivity index (χ2v) is 5.19. The van der Waals surface area contributed by atoms with Gasteiger partial charge in [0.2, 0.25) is 0 Å². The fraction of sp³-hybridized carbons (Fsp3) is 0.0588. The fourth-order valence-corrected chi connectivity index (χ4v) is 2.57. The molecule has 0 spiro atoms. The fourth-order valence-electron chi connectivity index (χ4n) is 2.45. The molecular weight excluding hydrogens is 270 g/mol. The maximum Gasteiger partial charge on any atom is 0.121 e. The van der Waals surface area contributed by atoms with Crippen LogP contribution in [0.5, 0.6) is 5.75 Å². The Kier molecular flexibility index (Phi) is 3.35. The van der Waals surface area contributed by atoms with Crippen LogP contribution >= 0.6 is 11.6 Å². The third kappa shape index (κ3) is 2.24. The third-order valence-corrected chi connectivity index (χ3v) is 3.74. The van der Waals surface area contributed by atoms with Crippen LogP contribution in [0.4, 0.5) is 0 Å². The SMILES string of the molecule is NC(c1ccc(Cl)cc1)c1c(O)ccc2ccccc12. The second kappa shape index (κ2) is 5.16. The highest BCUT2D eigenvalue weighted by molar-refractivity contribution is 6.30. The summed E-state index contributed by atoms with van der Waals surface area (Å²) < 4.78 is 0. The molecule has 0 aliphatic heterocycles. The maximum absolute atomic E-state index is 10.2. The van der Waals surface area contributed by atoms with Crippen LogP contribution in [0.25, 0.3) is 10.8 Å². The molecule has 0 aromatic heterocycles. The van der Waals surface area contributed by atoms with Gasteiger partial charge in [-0.25, -0.2) is 0 Å². The molecule has 0 aliphatic carbocycles. The van der Waals surface area contributed by atoms with Crippen LogP contribution in [0.3, 0.4) is 0 Å². The summed E-state index contributed by atoms with van der Waals surface area (Å²) in [6.45, 7) is 0. The van der Waals surface area contributed by atoms with Crippen molar-refractivity contribution in [2.45, 2.75) is 6.04 Å². The van der Waals surface area contributed by atoms with Crippen molar-refractivity contribution in [2.75, 3.05) is 0 Å². The standard InChI is InChI=1S/C17H14ClNO/c18-13-8-5-12(6-9-13)17(19)16-14-4-2-1-3-11(14)7-10-15(16)20/h1-10,17,20H,19H2. The second-order valence-electron chi connectivity index (χ2n) is 4.75. The summed E-state index contributed by atoms with van der Waals surface area (Å²) in [4.78, 5) is 0. The molecule has 1 unspecified atom stereocenters. The van der Waals surface area contributed by atoms with Gasteiger partial charge in [0.25, 0.3) is 0 Å². The van der Waals surface area contributed by atoms with Crippen molar-refractivity contribution < 1.29 is 5.11 Å². The Hall–Kier alpha value is -2.03. The monoisotopic (exact) mass is 283 g/mol. The molecule has 2 nitrogen and oxygen atoms in total. The molecule has 3 heteroatoms. The van der Waals surface area contributed by atoms with E-state index in [1.54, 1.807) is 18.2 Å². The minimum atomic E-state index is -0.390. The predicted molar refractivity (Wildman–Crippen MR) is 83.1 cm³/mol. The average molecular weight is 284 g/mol. The molecule has 3 N–H and O–H groups in total. The highest BCUT2D eigenvalue weighted by atomic mass is 35.5. The first-order valence-corrected chi connectivity index (χ1v) is 6.76. The average Bonchev–Trinajstić information content (AvgIpc) is 2.47. The Bertz CT molecular complexity index is 753. The van der Waals surface area contributed by atoms with Crippen LogP contribution in [0.15, 0.2) is 60.7 Å². The number of hydrogen-bond donors (Lipinski definition) is 2. The van der Waals surface area contributed by atoms with E-state index in [-0.39, 0.29) is 5.75 Å². The summed E-state index contributed by atoms with van der Waals surface area (Å²) in [6.07, 6.45) is 0. The highest BCUT2D eigenvalue weighted by Crippen LogP contribution is 2.34. The number of hydrogen-bond acceptors (Lipinski definition) is 2. The molecule has 0 saturated carbocycles. The minimum Gasteiger partial charge on any atom is -0.508 e. The highest BCUT2D eigenvalue weighted by Gasteiger charge is 2.16. The summed E-state index contributed by atoms with van der Waals surface area (Å²) in [5.74, 6) is 0.214. The molecule has 0 bridgehead atoms. The molecule has 0 aliphatic rings. The lowest BCUT2D eigenvalue weighted by Crippen LogP contribution is -2.12. The Balaban J connectivity index is 2.18. The topological polar surface area (TPSA) is 46.2 Å². The van der Waals surface area contributed by atoms with Crippen molar-refractivity contribution in [3.63, 3.8) is 0 Å². The number of halogens is 1. The van der Waals surface area contributed by atoms with E-state index in [1.807, 2.05) is 42.5 Å². The number of aromatic hydroxyl groups is 1. The zero-order valence-corrected chi connectivity index (χ0v) is 11.5. The van der Waals surface area contributed by atoms with E-state index in [0.717, 1.165) is 21.9 Å². The van der Waals surface area contributed by atoms with E-state index in [0.29, 0.717) is 5.02 Å². The van der Waals surface area contributed by atoms with Gasteiger partial charge in [-0.2, -0.15) is 0 Å². The first-order chi connectivity index (χ1) is 9.66. The van der Waals surface area contributed by atoms with Crippen LogP contribution < -0.4 is 5.73 Å². The van der Waals surface area contributed by atoms with Crippen molar-refractivity contribution in [1.82, 2.24) is 0 Å². The lowest BCUT2D eigenvalue weighted by Gasteiger charge is -2.17. The number of nitrogens with two attached hydrogens (primary N) is 1. The van der Waals surface area contributed by atoms with Crippen molar-refractivity contribution in [3.05, 3.63) is 76.8 Å². The van der Waals surface area contributed by atoms with E-state index >= 15 is 0 Å². The van der Waals surface area contributed by atoms with Crippen LogP contribution in [-0.4, -0.2) is 5.11 Å². The van der Waals surface area contributed by atoms with Gasteiger partial charge in [-0.15, -0.1) is 0 Å².